The molecule has 0 aromatic heterocycles. The molecule has 0 heterocycles. The Morgan fingerprint density at radius 2 is 1.83 bits per heavy atom. The number of thioether (sulfide) groups is 1. The number of hydrogen-bond donors (Lipinski definition) is 2. The number of carboxylic acids is 2. The number of aliphatic carboxylic acids is 2. The molecule has 0 fully saturated rings. The lowest BCUT2D eigenvalue weighted by Crippen LogP contribution is -2.03. The molecule has 0 saturated carbocycles. The van der Waals surface area contributed by atoms with E-state index in [4.69, 9.17) is 10.2 Å². The van der Waals surface area contributed by atoms with Gasteiger partial charge in [-0.05, 0) is 0 Å². The summed E-state index contributed by atoms with van der Waals surface area (Å²) in [5.41, 5.74) is 0. The summed E-state index contributed by atoms with van der Waals surface area (Å²) in [6.45, 7) is 3.59. The van der Waals surface area contributed by atoms with Crippen LogP contribution in [0.1, 0.15) is 13.8 Å². The van der Waals surface area contributed by atoms with Gasteiger partial charge in [-0.1, -0.05) is 13.8 Å². The molecule has 0 bridgehead atoms. The first-order valence-electron chi connectivity index (χ1n) is 3.28. The van der Waals surface area contributed by atoms with Crippen molar-refractivity contribution >= 4 is 23.7 Å². The topological polar surface area (TPSA) is 74.6 Å². The lowest BCUT2D eigenvalue weighted by Gasteiger charge is -2.03. The van der Waals surface area contributed by atoms with Gasteiger partial charge in [-0.15, -0.1) is 11.8 Å². The van der Waals surface area contributed by atoms with Crippen LogP contribution in [-0.2, 0) is 9.59 Å². The van der Waals surface area contributed by atoms with E-state index in [1.807, 2.05) is 0 Å². The molecule has 68 valence electrons. The summed E-state index contributed by atoms with van der Waals surface area (Å²) in [6, 6.07) is 0. The highest BCUT2D eigenvalue weighted by molar-refractivity contribution is 8.04. The smallest absolute Gasteiger partial charge is 0.342 e. The Bertz CT molecular complexity index is 219. The Labute approximate surface area is 74.3 Å². The van der Waals surface area contributed by atoms with E-state index >= 15 is 0 Å². The first kappa shape index (κ1) is 11.0. The van der Waals surface area contributed by atoms with Crippen LogP contribution in [0.5, 0.6) is 0 Å². The van der Waals surface area contributed by atoms with Crippen molar-refractivity contribution in [1.82, 2.24) is 0 Å². The lowest BCUT2D eigenvalue weighted by atomic mass is 10.5. The van der Waals surface area contributed by atoms with E-state index in [0.717, 1.165) is 11.8 Å². The molecule has 0 aliphatic heterocycles. The van der Waals surface area contributed by atoms with Crippen LogP contribution in [0.3, 0.4) is 0 Å². The Balaban J connectivity index is 4.44. The van der Waals surface area contributed by atoms with Crippen molar-refractivity contribution in [3.05, 3.63) is 11.0 Å². The van der Waals surface area contributed by atoms with E-state index in [2.05, 4.69) is 0 Å². The number of hydrogen-bond acceptors (Lipinski definition) is 3. The van der Waals surface area contributed by atoms with Gasteiger partial charge in [0.2, 0.25) is 0 Å². The Hall–Kier alpha value is -0.970. The average molecular weight is 190 g/mol. The molecule has 0 amide bonds. The molecular weight excluding hydrogens is 180 g/mol. The van der Waals surface area contributed by atoms with Crippen molar-refractivity contribution in [3.8, 4) is 0 Å². The summed E-state index contributed by atoms with van der Waals surface area (Å²) in [4.78, 5) is 20.4. The highest BCUT2D eigenvalue weighted by atomic mass is 32.2. The van der Waals surface area contributed by atoms with Gasteiger partial charge in [0.25, 0.3) is 0 Å². The van der Waals surface area contributed by atoms with Crippen molar-refractivity contribution in [2.45, 2.75) is 19.1 Å². The zero-order valence-electron chi connectivity index (χ0n) is 6.77. The molecule has 0 aromatic rings. The van der Waals surface area contributed by atoms with Crippen molar-refractivity contribution < 1.29 is 19.8 Å². The van der Waals surface area contributed by atoms with Gasteiger partial charge < -0.3 is 10.2 Å². The normalized spacial score (nSPS) is 11.8. The van der Waals surface area contributed by atoms with Gasteiger partial charge in [0, 0.05) is 11.3 Å². The molecule has 0 atom stereocenters. The molecule has 5 heteroatoms. The molecule has 2 N–H and O–H groups in total. The average Bonchev–Trinajstić information content (AvgIpc) is 1.83. The summed E-state index contributed by atoms with van der Waals surface area (Å²) in [7, 11) is 0. The minimum atomic E-state index is -1.24. The van der Waals surface area contributed by atoms with E-state index in [9.17, 15) is 9.59 Å². The van der Waals surface area contributed by atoms with E-state index in [0.29, 0.717) is 6.08 Å². The van der Waals surface area contributed by atoms with Crippen LogP contribution in [0, 0.1) is 0 Å². The zero-order chi connectivity index (χ0) is 9.72. The molecule has 12 heavy (non-hydrogen) atoms. The SMILES string of the molecule is CC(C)S/C(=C/C(=O)O)C(=O)O. The zero-order valence-corrected chi connectivity index (χ0v) is 7.59. The van der Waals surface area contributed by atoms with Crippen molar-refractivity contribution in [2.24, 2.45) is 0 Å². The Kier molecular flexibility index (Phi) is 4.43. The summed E-state index contributed by atoms with van der Waals surface area (Å²) in [5.74, 6) is -2.43. The third-order valence-corrected chi connectivity index (χ3v) is 1.85. The Morgan fingerprint density at radius 3 is 2.08 bits per heavy atom. The molecule has 0 aromatic carbocycles. The Morgan fingerprint density at radius 1 is 1.33 bits per heavy atom. The molecule has 0 spiro atoms. The van der Waals surface area contributed by atoms with Crippen LogP contribution < -0.4 is 0 Å². The molecule has 0 unspecified atom stereocenters. The molecule has 0 saturated heterocycles. The largest absolute Gasteiger partial charge is 0.478 e. The predicted octanol–water partition coefficient (Wildman–Crippen LogP) is 1.18. The highest BCUT2D eigenvalue weighted by Crippen LogP contribution is 2.20. The van der Waals surface area contributed by atoms with Crippen LogP contribution in [0.15, 0.2) is 11.0 Å². The third-order valence-electron chi connectivity index (χ3n) is 0.828. The predicted molar refractivity (Wildman–Crippen MR) is 46.1 cm³/mol. The van der Waals surface area contributed by atoms with Gasteiger partial charge in [-0.3, -0.25) is 0 Å². The van der Waals surface area contributed by atoms with Crippen LogP contribution in [0.25, 0.3) is 0 Å². The molecule has 4 nitrogen and oxygen atoms in total. The van der Waals surface area contributed by atoms with E-state index in [-0.39, 0.29) is 10.2 Å². The van der Waals surface area contributed by atoms with Crippen LogP contribution in [0.2, 0.25) is 0 Å². The van der Waals surface area contributed by atoms with Crippen LogP contribution in [-0.4, -0.2) is 27.4 Å². The summed E-state index contributed by atoms with van der Waals surface area (Å²) < 4.78 is 0. The van der Waals surface area contributed by atoms with Gasteiger partial charge in [0.05, 0.1) is 4.91 Å². The monoisotopic (exact) mass is 190 g/mol. The first-order chi connectivity index (χ1) is 5.43. The second kappa shape index (κ2) is 4.82. The van der Waals surface area contributed by atoms with Crippen molar-refractivity contribution in [3.63, 3.8) is 0 Å². The van der Waals surface area contributed by atoms with Gasteiger partial charge in [0.15, 0.2) is 0 Å². The van der Waals surface area contributed by atoms with E-state index in [1.54, 1.807) is 13.8 Å². The second-order valence-corrected chi connectivity index (χ2v) is 3.94. The van der Waals surface area contributed by atoms with Gasteiger partial charge in [0.1, 0.15) is 0 Å². The highest BCUT2D eigenvalue weighted by Gasteiger charge is 2.11. The number of carbonyl (C=O) groups is 2. The third kappa shape index (κ3) is 4.79. The summed E-state index contributed by atoms with van der Waals surface area (Å²) in [6.07, 6.45) is 0.701. The quantitative estimate of drug-likeness (QED) is 0.651. The number of rotatable bonds is 4. The van der Waals surface area contributed by atoms with Crippen LogP contribution >= 0.6 is 11.8 Å². The fraction of sp³-hybridized carbons (Fsp3) is 0.429. The van der Waals surface area contributed by atoms with Gasteiger partial charge >= 0.3 is 11.9 Å². The lowest BCUT2D eigenvalue weighted by molar-refractivity contribution is -0.134. The van der Waals surface area contributed by atoms with E-state index in [1.165, 1.54) is 0 Å². The maximum Gasteiger partial charge on any atom is 0.342 e. The van der Waals surface area contributed by atoms with Gasteiger partial charge in [-0.25, -0.2) is 9.59 Å². The summed E-state index contributed by atoms with van der Waals surface area (Å²) >= 11 is 1.02. The molecule has 0 aliphatic carbocycles. The molecule has 0 rings (SSSR count). The van der Waals surface area contributed by atoms with Crippen molar-refractivity contribution in [1.29, 1.82) is 0 Å². The summed E-state index contributed by atoms with van der Waals surface area (Å²) in [5, 5.41) is 16.9. The standard InChI is InChI=1S/C7H10O4S/c1-4(2)12-5(7(10)11)3-6(8)9/h3-4H,1-2H3,(H,8,9)(H,10,11)/b5-3+. The molecule has 0 aliphatic rings. The van der Waals surface area contributed by atoms with Crippen molar-refractivity contribution in [2.75, 3.05) is 0 Å². The fourth-order valence-corrected chi connectivity index (χ4v) is 1.29. The number of carboxylic acid groups (broad SMARTS) is 2. The second-order valence-electron chi connectivity index (χ2n) is 2.32. The first-order valence-corrected chi connectivity index (χ1v) is 4.16. The van der Waals surface area contributed by atoms with Gasteiger partial charge in [-0.2, -0.15) is 0 Å². The minimum absolute atomic E-state index is 0.0618. The maximum absolute atomic E-state index is 10.4. The van der Waals surface area contributed by atoms with E-state index < -0.39 is 11.9 Å². The van der Waals surface area contributed by atoms with Crippen LogP contribution in [0.4, 0.5) is 0 Å². The maximum atomic E-state index is 10.4. The fourth-order valence-electron chi connectivity index (χ4n) is 0.512. The minimum Gasteiger partial charge on any atom is -0.478 e. The molecular formula is C7H10O4S. The molecule has 0 radical (unpaired) electrons.